The largest absolute Gasteiger partial charge is 0.388 e. The van der Waals surface area contributed by atoms with Gasteiger partial charge in [0, 0.05) is 5.67 Å². The van der Waals surface area contributed by atoms with Crippen molar-refractivity contribution in [3.05, 3.63) is 24.4 Å². The van der Waals surface area contributed by atoms with Crippen molar-refractivity contribution in [2.45, 2.75) is 18.8 Å². The Morgan fingerprint density at radius 1 is 1.33 bits per heavy atom. The van der Waals surface area contributed by atoms with Crippen LogP contribution < -0.4 is 5.32 Å². The van der Waals surface area contributed by atoms with Crippen LogP contribution in [0.5, 0.6) is 0 Å². The lowest BCUT2D eigenvalue weighted by atomic mass is 10.4. The highest BCUT2D eigenvalue weighted by Gasteiger charge is 2.08. The Hall–Kier alpha value is -0.503. The monoisotopic (exact) mass is 139 g/mol. The van der Waals surface area contributed by atoms with Crippen molar-refractivity contribution in [1.29, 1.82) is 0 Å². The van der Waals surface area contributed by atoms with E-state index in [1.807, 2.05) is 12.3 Å². The number of nitrogens with one attached hydrogen (secondary N) is 1. The molecule has 0 aromatic carbocycles. The number of hydrogen-bond donors (Lipinski definition) is 1. The lowest BCUT2D eigenvalue weighted by Crippen LogP contribution is -2.35. The van der Waals surface area contributed by atoms with Crippen molar-refractivity contribution in [1.82, 2.24) is 5.32 Å². The molecule has 0 saturated heterocycles. The van der Waals surface area contributed by atoms with Gasteiger partial charge in [-0.3, -0.25) is 0 Å². The molecular formula is C7H13NSi. The highest BCUT2D eigenvalue weighted by atomic mass is 28.3. The van der Waals surface area contributed by atoms with E-state index in [0.717, 1.165) is 0 Å². The maximum atomic E-state index is 3.31. The number of rotatable bonds is 1. The third-order valence-corrected chi connectivity index (χ3v) is 3.38. The molecule has 0 aromatic heterocycles. The van der Waals surface area contributed by atoms with E-state index in [-0.39, 0.29) is 0 Å². The minimum atomic E-state index is -0.501. The van der Waals surface area contributed by atoms with Crippen molar-refractivity contribution in [3.63, 3.8) is 0 Å². The maximum Gasteiger partial charge on any atom is 0.0621 e. The van der Waals surface area contributed by atoms with E-state index in [4.69, 9.17) is 0 Å². The number of dihydropyridines is 1. The lowest BCUT2D eigenvalue weighted by molar-refractivity contribution is 0.880. The normalized spacial score (nSPS) is 24.6. The standard InChI is InChI=1S/C7H13NSi/c1-9(2)7-5-3-4-6-8-7/h3-9H,1-2H3. The molecule has 0 aliphatic carbocycles. The van der Waals surface area contributed by atoms with Crippen molar-refractivity contribution < 1.29 is 0 Å². The van der Waals surface area contributed by atoms with Gasteiger partial charge in [0.1, 0.15) is 0 Å². The molecule has 2 heteroatoms. The Kier molecular flexibility index (Phi) is 2.11. The molecule has 0 amide bonds. The first-order valence-corrected chi connectivity index (χ1v) is 6.37. The molecule has 1 unspecified atom stereocenters. The molecule has 0 radical (unpaired) electrons. The summed E-state index contributed by atoms with van der Waals surface area (Å²) in [5.74, 6) is 0. The molecule has 0 bridgehead atoms. The van der Waals surface area contributed by atoms with Gasteiger partial charge in [0.2, 0.25) is 0 Å². The molecule has 0 saturated carbocycles. The predicted molar refractivity (Wildman–Crippen MR) is 44.1 cm³/mol. The summed E-state index contributed by atoms with van der Waals surface area (Å²) in [6, 6.07) is 0. The summed E-state index contributed by atoms with van der Waals surface area (Å²) < 4.78 is 0. The Morgan fingerprint density at radius 3 is 2.44 bits per heavy atom. The molecule has 1 aliphatic heterocycles. The Labute approximate surface area is 58.1 Å². The first kappa shape index (κ1) is 6.61. The zero-order valence-electron chi connectivity index (χ0n) is 5.96. The molecule has 9 heavy (non-hydrogen) atoms. The highest BCUT2D eigenvalue weighted by Crippen LogP contribution is 1.98. The Morgan fingerprint density at radius 2 is 2.11 bits per heavy atom. The van der Waals surface area contributed by atoms with Crippen LogP contribution in [0.4, 0.5) is 0 Å². The number of hydrogen-bond acceptors (Lipinski definition) is 1. The minimum absolute atomic E-state index is 0.501. The highest BCUT2D eigenvalue weighted by molar-refractivity contribution is 6.58. The van der Waals surface area contributed by atoms with Gasteiger partial charge in [-0.15, -0.1) is 0 Å². The molecule has 1 nitrogen and oxygen atoms in total. The third-order valence-electron chi connectivity index (χ3n) is 1.53. The van der Waals surface area contributed by atoms with Crippen LogP contribution in [0.1, 0.15) is 0 Å². The average Bonchev–Trinajstić information content (AvgIpc) is 1.90. The molecule has 1 N–H and O–H groups in total. The van der Waals surface area contributed by atoms with E-state index in [2.05, 4.69) is 30.6 Å². The molecule has 1 aliphatic rings. The first-order chi connectivity index (χ1) is 4.30. The molecule has 0 spiro atoms. The van der Waals surface area contributed by atoms with Crippen LogP contribution in [0, 0.1) is 0 Å². The van der Waals surface area contributed by atoms with Crippen molar-refractivity contribution in [3.8, 4) is 0 Å². The fourth-order valence-electron chi connectivity index (χ4n) is 0.876. The van der Waals surface area contributed by atoms with Crippen LogP contribution in [0.15, 0.2) is 24.4 Å². The second-order valence-corrected chi connectivity index (χ2v) is 5.89. The quantitative estimate of drug-likeness (QED) is 0.536. The van der Waals surface area contributed by atoms with Gasteiger partial charge < -0.3 is 5.32 Å². The summed E-state index contributed by atoms with van der Waals surface area (Å²) in [7, 11) is -0.501. The number of allylic oxidation sites excluding steroid dienone is 2. The van der Waals surface area contributed by atoms with Gasteiger partial charge in [-0.2, -0.15) is 0 Å². The van der Waals surface area contributed by atoms with Gasteiger partial charge >= 0.3 is 0 Å². The third kappa shape index (κ3) is 1.71. The zero-order valence-corrected chi connectivity index (χ0v) is 7.12. The van der Waals surface area contributed by atoms with Crippen LogP contribution in [-0.2, 0) is 0 Å². The fourth-order valence-corrected chi connectivity index (χ4v) is 1.95. The molecular weight excluding hydrogens is 126 g/mol. The predicted octanol–water partition coefficient (Wildman–Crippen LogP) is 1.05. The molecule has 0 fully saturated rings. The summed E-state index contributed by atoms with van der Waals surface area (Å²) in [6.07, 6.45) is 8.43. The van der Waals surface area contributed by atoms with E-state index in [9.17, 15) is 0 Å². The van der Waals surface area contributed by atoms with E-state index in [1.165, 1.54) is 0 Å². The second kappa shape index (κ2) is 2.87. The minimum Gasteiger partial charge on any atom is -0.388 e. The van der Waals surface area contributed by atoms with E-state index in [0.29, 0.717) is 5.67 Å². The smallest absolute Gasteiger partial charge is 0.0621 e. The van der Waals surface area contributed by atoms with Crippen LogP contribution >= 0.6 is 0 Å². The van der Waals surface area contributed by atoms with E-state index >= 15 is 0 Å². The summed E-state index contributed by atoms with van der Waals surface area (Å²) in [6.45, 7) is 4.70. The van der Waals surface area contributed by atoms with E-state index in [1.54, 1.807) is 0 Å². The van der Waals surface area contributed by atoms with Gasteiger partial charge in [-0.05, 0) is 12.3 Å². The summed E-state index contributed by atoms with van der Waals surface area (Å²) in [4.78, 5) is 0. The summed E-state index contributed by atoms with van der Waals surface area (Å²) in [5.41, 5.74) is 0.676. The second-order valence-electron chi connectivity index (χ2n) is 2.68. The van der Waals surface area contributed by atoms with Crippen LogP contribution in [0.25, 0.3) is 0 Å². The zero-order chi connectivity index (χ0) is 6.69. The Bertz CT molecular complexity index is 138. The molecule has 1 heterocycles. The van der Waals surface area contributed by atoms with Gasteiger partial charge in [-0.25, -0.2) is 0 Å². The van der Waals surface area contributed by atoms with Gasteiger partial charge in [0.25, 0.3) is 0 Å². The van der Waals surface area contributed by atoms with E-state index < -0.39 is 8.80 Å². The summed E-state index contributed by atoms with van der Waals surface area (Å²) >= 11 is 0. The fraction of sp³-hybridized carbons (Fsp3) is 0.429. The van der Waals surface area contributed by atoms with Gasteiger partial charge in [-0.1, -0.05) is 25.2 Å². The van der Waals surface area contributed by atoms with Crippen LogP contribution in [0.3, 0.4) is 0 Å². The summed E-state index contributed by atoms with van der Waals surface area (Å²) in [5, 5.41) is 3.31. The topological polar surface area (TPSA) is 12.0 Å². The molecule has 1 rings (SSSR count). The SMILES string of the molecule is C[SiH](C)C1C=CC=CN1. The molecule has 1 atom stereocenters. The maximum absolute atomic E-state index is 3.31. The lowest BCUT2D eigenvalue weighted by Gasteiger charge is -2.17. The van der Waals surface area contributed by atoms with Gasteiger partial charge in [0.05, 0.1) is 8.80 Å². The van der Waals surface area contributed by atoms with Crippen molar-refractivity contribution in [2.75, 3.05) is 0 Å². The van der Waals surface area contributed by atoms with Crippen LogP contribution in [0.2, 0.25) is 13.1 Å². The van der Waals surface area contributed by atoms with Gasteiger partial charge in [0.15, 0.2) is 0 Å². The molecule has 50 valence electrons. The average molecular weight is 139 g/mol. The van der Waals surface area contributed by atoms with Crippen molar-refractivity contribution in [2.24, 2.45) is 0 Å². The van der Waals surface area contributed by atoms with Crippen LogP contribution in [-0.4, -0.2) is 14.5 Å². The Balaban J connectivity index is 2.46. The van der Waals surface area contributed by atoms with Crippen molar-refractivity contribution >= 4 is 8.80 Å². The first-order valence-electron chi connectivity index (χ1n) is 3.40. The molecule has 0 aromatic rings.